The van der Waals surface area contributed by atoms with E-state index in [0.717, 1.165) is 24.0 Å². The van der Waals surface area contributed by atoms with Crippen LogP contribution >= 0.6 is 0 Å². The van der Waals surface area contributed by atoms with E-state index in [0.29, 0.717) is 18.8 Å². The number of nitrogens with zero attached hydrogens (tertiary/aromatic N) is 2. The van der Waals surface area contributed by atoms with Crippen LogP contribution in [0.5, 0.6) is 0 Å². The number of nitrogens with one attached hydrogen (secondary N) is 1. The molecule has 4 rings (SSSR count). The second-order valence-electron chi connectivity index (χ2n) is 7.72. The second kappa shape index (κ2) is 8.23. The van der Waals surface area contributed by atoms with Crippen LogP contribution in [0.4, 0.5) is 14.9 Å². The smallest absolute Gasteiger partial charge is 0.322 e. The van der Waals surface area contributed by atoms with E-state index in [1.54, 1.807) is 4.90 Å². The lowest BCUT2D eigenvalue weighted by Crippen LogP contribution is -2.50. The monoisotopic (exact) mass is 395 g/mol. The summed E-state index contributed by atoms with van der Waals surface area (Å²) in [5.74, 6) is -0.168. The summed E-state index contributed by atoms with van der Waals surface area (Å²) in [7, 11) is 0. The Morgan fingerprint density at radius 3 is 2.62 bits per heavy atom. The molecule has 3 amide bonds. The molecule has 2 heterocycles. The molecule has 6 heteroatoms. The number of amides is 3. The van der Waals surface area contributed by atoms with E-state index in [2.05, 4.69) is 11.4 Å². The summed E-state index contributed by atoms with van der Waals surface area (Å²) >= 11 is 0. The summed E-state index contributed by atoms with van der Waals surface area (Å²) in [4.78, 5) is 29.2. The van der Waals surface area contributed by atoms with Gasteiger partial charge in [0.2, 0.25) is 5.91 Å². The molecule has 0 saturated carbocycles. The number of carbonyl (C=O) groups excluding carboxylic acids is 2. The van der Waals surface area contributed by atoms with Crippen LogP contribution in [0, 0.1) is 0 Å². The molecule has 0 aromatic heterocycles. The molecule has 1 saturated heterocycles. The Labute approximate surface area is 170 Å². The van der Waals surface area contributed by atoms with Gasteiger partial charge in [-0.2, -0.15) is 0 Å². The van der Waals surface area contributed by atoms with Crippen LogP contribution in [0.3, 0.4) is 0 Å². The molecule has 1 fully saturated rings. The molecule has 1 N–H and O–H groups in total. The Hall–Kier alpha value is -2.89. The maximum Gasteiger partial charge on any atom is 0.322 e. The van der Waals surface area contributed by atoms with Crippen LogP contribution in [0.1, 0.15) is 30.0 Å². The highest BCUT2D eigenvalue weighted by Gasteiger charge is 2.42. The van der Waals surface area contributed by atoms with Crippen molar-refractivity contribution < 1.29 is 14.0 Å². The molecule has 2 aromatic carbocycles. The molecule has 2 aliphatic heterocycles. The SMILES string of the molecule is CCc1ccccc1NC(=O)N1C[C@@H](F)C[C@H]1C(=O)N1CCc2ccccc2C1. The fourth-order valence-electron chi connectivity index (χ4n) is 4.28. The Morgan fingerprint density at radius 1 is 1.10 bits per heavy atom. The van der Waals surface area contributed by atoms with E-state index >= 15 is 0 Å². The molecular formula is C23H26FN3O2. The number of halogens is 1. The zero-order valence-electron chi connectivity index (χ0n) is 16.6. The fourth-order valence-corrected chi connectivity index (χ4v) is 4.28. The lowest BCUT2D eigenvalue weighted by atomic mass is 9.99. The molecular weight excluding hydrogens is 369 g/mol. The lowest BCUT2D eigenvalue weighted by molar-refractivity contribution is -0.136. The Bertz CT molecular complexity index is 917. The average molecular weight is 395 g/mol. The van der Waals surface area contributed by atoms with Crippen LogP contribution in [-0.2, 0) is 24.2 Å². The number of urea groups is 1. The average Bonchev–Trinajstić information content (AvgIpc) is 3.15. The van der Waals surface area contributed by atoms with Crippen molar-refractivity contribution in [3.05, 3.63) is 65.2 Å². The third kappa shape index (κ3) is 3.97. The van der Waals surface area contributed by atoms with E-state index in [1.165, 1.54) is 10.5 Å². The summed E-state index contributed by atoms with van der Waals surface area (Å²) in [5.41, 5.74) is 4.08. The van der Waals surface area contributed by atoms with Crippen molar-refractivity contribution >= 4 is 17.6 Å². The highest BCUT2D eigenvalue weighted by Crippen LogP contribution is 2.27. The Balaban J connectivity index is 1.49. The Morgan fingerprint density at radius 2 is 1.83 bits per heavy atom. The van der Waals surface area contributed by atoms with Gasteiger partial charge in [0.05, 0.1) is 6.54 Å². The number of carbonyl (C=O) groups is 2. The zero-order valence-corrected chi connectivity index (χ0v) is 16.6. The van der Waals surface area contributed by atoms with Gasteiger partial charge in [-0.1, -0.05) is 49.4 Å². The number of aryl methyl sites for hydroxylation is 1. The van der Waals surface area contributed by atoms with Crippen molar-refractivity contribution in [3.8, 4) is 0 Å². The number of hydrogen-bond acceptors (Lipinski definition) is 2. The number of rotatable bonds is 3. The number of alkyl halides is 1. The van der Waals surface area contributed by atoms with Crippen LogP contribution in [0.15, 0.2) is 48.5 Å². The quantitative estimate of drug-likeness (QED) is 0.860. The molecule has 2 atom stereocenters. The Kier molecular flexibility index (Phi) is 5.51. The van der Waals surface area contributed by atoms with Gasteiger partial charge >= 0.3 is 6.03 Å². The number of para-hydroxylation sites is 1. The van der Waals surface area contributed by atoms with Gasteiger partial charge in [-0.3, -0.25) is 4.79 Å². The molecule has 0 unspecified atom stereocenters. The lowest BCUT2D eigenvalue weighted by Gasteiger charge is -2.33. The minimum absolute atomic E-state index is 0.0546. The van der Waals surface area contributed by atoms with E-state index in [4.69, 9.17) is 0 Å². The summed E-state index contributed by atoms with van der Waals surface area (Å²) in [6.07, 6.45) is 0.426. The standard InChI is InChI=1S/C23H26FN3O2/c1-2-16-7-5-6-10-20(16)25-23(29)27-15-19(24)13-21(27)22(28)26-12-11-17-8-3-4-9-18(17)14-26/h3-10,19,21H,2,11-15H2,1H3,(H,25,29)/t19-,21-/m0/s1. The van der Waals surface area contributed by atoms with Crippen molar-refractivity contribution in [2.45, 2.75) is 44.9 Å². The number of hydrogen-bond donors (Lipinski definition) is 1. The summed E-state index contributed by atoms with van der Waals surface area (Å²) in [6, 6.07) is 14.4. The molecule has 2 aliphatic rings. The molecule has 0 radical (unpaired) electrons. The number of likely N-dealkylation sites (tertiary alicyclic amines) is 1. The minimum atomic E-state index is -1.19. The molecule has 152 valence electrons. The van der Waals surface area contributed by atoms with Gasteiger partial charge < -0.3 is 15.1 Å². The van der Waals surface area contributed by atoms with Gasteiger partial charge in [-0.15, -0.1) is 0 Å². The fraction of sp³-hybridized carbons (Fsp3) is 0.391. The minimum Gasteiger partial charge on any atom is -0.336 e. The maximum atomic E-state index is 14.2. The highest BCUT2D eigenvalue weighted by molar-refractivity contribution is 5.95. The predicted octanol–water partition coefficient (Wildman–Crippen LogP) is 3.78. The highest BCUT2D eigenvalue weighted by atomic mass is 19.1. The van der Waals surface area contributed by atoms with Crippen molar-refractivity contribution in [1.82, 2.24) is 9.80 Å². The van der Waals surface area contributed by atoms with E-state index in [9.17, 15) is 14.0 Å². The maximum absolute atomic E-state index is 14.2. The van der Waals surface area contributed by atoms with Gasteiger partial charge in [-0.25, -0.2) is 9.18 Å². The van der Waals surface area contributed by atoms with Crippen LogP contribution in [0.2, 0.25) is 0 Å². The van der Waals surface area contributed by atoms with Gasteiger partial charge in [0.15, 0.2) is 0 Å². The third-order valence-electron chi connectivity index (χ3n) is 5.88. The summed E-state index contributed by atoms with van der Waals surface area (Å²) in [6.45, 7) is 3.06. The predicted molar refractivity (Wildman–Crippen MR) is 110 cm³/mol. The summed E-state index contributed by atoms with van der Waals surface area (Å²) in [5, 5.41) is 2.88. The number of anilines is 1. The first-order valence-corrected chi connectivity index (χ1v) is 10.2. The normalized spacial score (nSPS) is 21.0. The van der Waals surface area contributed by atoms with Crippen LogP contribution < -0.4 is 5.32 Å². The van der Waals surface area contributed by atoms with E-state index < -0.39 is 18.2 Å². The number of benzene rings is 2. The van der Waals surface area contributed by atoms with Gasteiger partial charge in [0.1, 0.15) is 12.2 Å². The van der Waals surface area contributed by atoms with Crippen LogP contribution in [-0.4, -0.2) is 47.0 Å². The van der Waals surface area contributed by atoms with Crippen molar-refractivity contribution in [1.29, 1.82) is 0 Å². The first-order valence-electron chi connectivity index (χ1n) is 10.2. The summed E-state index contributed by atoms with van der Waals surface area (Å²) < 4.78 is 14.2. The second-order valence-corrected chi connectivity index (χ2v) is 7.72. The van der Waals surface area contributed by atoms with E-state index in [1.807, 2.05) is 49.4 Å². The zero-order chi connectivity index (χ0) is 20.4. The third-order valence-corrected chi connectivity index (χ3v) is 5.88. The first-order chi connectivity index (χ1) is 14.1. The number of fused-ring (bicyclic) bond motifs is 1. The first kappa shape index (κ1) is 19.4. The molecule has 2 aromatic rings. The topological polar surface area (TPSA) is 52.7 Å². The molecule has 0 bridgehead atoms. The van der Waals surface area contributed by atoms with Crippen LogP contribution in [0.25, 0.3) is 0 Å². The van der Waals surface area contributed by atoms with Crippen molar-refractivity contribution in [2.75, 3.05) is 18.4 Å². The van der Waals surface area contributed by atoms with Gasteiger partial charge in [-0.05, 0) is 35.6 Å². The largest absolute Gasteiger partial charge is 0.336 e. The van der Waals surface area contributed by atoms with Gasteiger partial charge in [0, 0.05) is 25.2 Å². The molecule has 0 spiro atoms. The molecule has 29 heavy (non-hydrogen) atoms. The molecule has 5 nitrogen and oxygen atoms in total. The van der Waals surface area contributed by atoms with Crippen molar-refractivity contribution in [2.24, 2.45) is 0 Å². The van der Waals surface area contributed by atoms with E-state index in [-0.39, 0.29) is 18.9 Å². The molecule has 0 aliphatic carbocycles. The van der Waals surface area contributed by atoms with Gasteiger partial charge in [0.25, 0.3) is 0 Å². The van der Waals surface area contributed by atoms with Crippen molar-refractivity contribution in [3.63, 3.8) is 0 Å².